The molecule has 33 heavy (non-hydrogen) atoms. The molecule has 0 radical (unpaired) electrons. The van der Waals surface area contributed by atoms with E-state index < -0.39 is 0 Å². The molecule has 0 atom stereocenters. The molecule has 0 aromatic heterocycles. The van der Waals surface area contributed by atoms with Crippen molar-refractivity contribution in [1.82, 2.24) is 9.80 Å². The van der Waals surface area contributed by atoms with Crippen LogP contribution in [0.15, 0.2) is 48.5 Å². The Labute approximate surface area is 194 Å². The van der Waals surface area contributed by atoms with Crippen LogP contribution in [-0.4, -0.2) is 66.5 Å². The van der Waals surface area contributed by atoms with E-state index >= 15 is 0 Å². The molecule has 2 aliphatic rings. The van der Waals surface area contributed by atoms with Gasteiger partial charge in [-0.2, -0.15) is 0 Å². The highest BCUT2D eigenvalue weighted by molar-refractivity contribution is 5.79. The zero-order chi connectivity index (χ0) is 23.2. The monoisotopic (exact) mass is 452 g/mol. The molecule has 2 aliphatic heterocycles. The number of anilines is 1. The molecule has 0 unspecified atom stereocenters. The third-order valence-corrected chi connectivity index (χ3v) is 6.59. The fourth-order valence-electron chi connectivity index (χ4n) is 4.75. The summed E-state index contributed by atoms with van der Waals surface area (Å²) in [4.78, 5) is 30.5. The number of nitro groups is 1. The van der Waals surface area contributed by atoms with E-state index in [1.165, 1.54) is 5.56 Å². The first-order valence-corrected chi connectivity index (χ1v) is 11.8. The Kier molecular flexibility index (Phi) is 7.44. The van der Waals surface area contributed by atoms with Gasteiger partial charge in [-0.3, -0.25) is 19.8 Å². The quantitative estimate of drug-likeness (QED) is 0.472. The third-order valence-electron chi connectivity index (χ3n) is 6.59. The topological polar surface area (TPSA) is 79.2 Å². The van der Waals surface area contributed by atoms with Crippen molar-refractivity contribution in [2.24, 2.45) is 5.92 Å². The van der Waals surface area contributed by atoms with Crippen molar-refractivity contribution < 1.29 is 14.5 Å². The number of hydrogen-bond acceptors (Lipinski definition) is 6. The number of rotatable bonds is 7. The molecule has 1 amide bonds. The maximum Gasteiger partial charge on any atom is 0.292 e. The molecule has 0 spiro atoms. The lowest BCUT2D eigenvalue weighted by Gasteiger charge is -2.39. The number of amides is 1. The summed E-state index contributed by atoms with van der Waals surface area (Å²) in [6.07, 6.45) is 1.47. The van der Waals surface area contributed by atoms with Crippen molar-refractivity contribution in [1.29, 1.82) is 0 Å². The van der Waals surface area contributed by atoms with E-state index in [-0.39, 0.29) is 22.4 Å². The van der Waals surface area contributed by atoms with Crippen LogP contribution < -0.4 is 9.64 Å². The predicted molar refractivity (Wildman–Crippen MR) is 128 cm³/mol. The van der Waals surface area contributed by atoms with Crippen LogP contribution in [0, 0.1) is 16.0 Å². The molecule has 2 aromatic carbocycles. The van der Waals surface area contributed by atoms with Crippen molar-refractivity contribution in [3.8, 4) is 5.75 Å². The molecule has 0 saturated carbocycles. The molecule has 2 saturated heterocycles. The number of para-hydroxylation sites is 2. The van der Waals surface area contributed by atoms with E-state index in [2.05, 4.69) is 17.0 Å². The van der Waals surface area contributed by atoms with Gasteiger partial charge in [-0.25, -0.2) is 0 Å². The lowest BCUT2D eigenvalue weighted by Crippen LogP contribution is -2.51. The standard InChI is InChI=1S/C25H32N4O4/c1-2-33-22-9-7-20(8-10-22)19-26-15-17-28(18-16-26)25(30)21-11-13-27(14-12-21)23-5-3-4-6-24(23)29(31)32/h3-10,21H,2,11-19H2,1H3. The van der Waals surface area contributed by atoms with Gasteiger partial charge in [0.2, 0.25) is 5.91 Å². The highest BCUT2D eigenvalue weighted by atomic mass is 16.6. The summed E-state index contributed by atoms with van der Waals surface area (Å²) >= 11 is 0. The van der Waals surface area contributed by atoms with E-state index in [0.717, 1.165) is 51.3 Å². The summed E-state index contributed by atoms with van der Waals surface area (Å²) in [5.41, 5.74) is 2.03. The smallest absolute Gasteiger partial charge is 0.292 e. The molecular weight excluding hydrogens is 420 g/mol. The van der Waals surface area contributed by atoms with Crippen molar-refractivity contribution in [2.45, 2.75) is 26.3 Å². The molecule has 176 valence electrons. The van der Waals surface area contributed by atoms with Crippen molar-refractivity contribution in [3.63, 3.8) is 0 Å². The second kappa shape index (κ2) is 10.7. The van der Waals surface area contributed by atoms with E-state index in [4.69, 9.17) is 4.74 Å². The number of carbonyl (C=O) groups is 1. The summed E-state index contributed by atoms with van der Waals surface area (Å²) in [5, 5.41) is 11.3. The number of piperazine rings is 1. The summed E-state index contributed by atoms with van der Waals surface area (Å²) in [6.45, 7) is 8.09. The van der Waals surface area contributed by atoms with Crippen molar-refractivity contribution in [3.05, 3.63) is 64.2 Å². The van der Waals surface area contributed by atoms with E-state index in [9.17, 15) is 14.9 Å². The first-order valence-electron chi connectivity index (χ1n) is 11.8. The van der Waals surface area contributed by atoms with E-state index in [1.54, 1.807) is 18.2 Å². The third kappa shape index (κ3) is 5.63. The van der Waals surface area contributed by atoms with Crippen LogP contribution in [0.1, 0.15) is 25.3 Å². The highest BCUT2D eigenvalue weighted by Crippen LogP contribution is 2.31. The minimum absolute atomic E-state index is 0.00155. The Morgan fingerprint density at radius 1 is 1.00 bits per heavy atom. The van der Waals surface area contributed by atoms with Crippen molar-refractivity contribution in [2.75, 3.05) is 50.8 Å². The fourth-order valence-corrected chi connectivity index (χ4v) is 4.75. The van der Waals surface area contributed by atoms with Gasteiger partial charge in [-0.15, -0.1) is 0 Å². The number of piperidine rings is 1. The average Bonchev–Trinajstić information content (AvgIpc) is 2.85. The lowest BCUT2D eigenvalue weighted by molar-refractivity contribution is -0.384. The van der Waals surface area contributed by atoms with Gasteiger partial charge in [0, 0.05) is 57.8 Å². The molecule has 0 bridgehead atoms. The molecule has 0 N–H and O–H groups in total. The fraction of sp³-hybridized carbons (Fsp3) is 0.480. The molecule has 8 nitrogen and oxygen atoms in total. The van der Waals surface area contributed by atoms with E-state index in [1.807, 2.05) is 34.9 Å². The molecule has 0 aliphatic carbocycles. The second-order valence-electron chi connectivity index (χ2n) is 8.69. The van der Waals surface area contributed by atoms with Gasteiger partial charge in [0.05, 0.1) is 11.5 Å². The number of nitrogens with zero attached hydrogens (tertiary/aromatic N) is 4. The first-order chi connectivity index (χ1) is 16.0. The van der Waals surface area contributed by atoms with Gasteiger partial charge in [-0.1, -0.05) is 24.3 Å². The van der Waals surface area contributed by atoms with Crippen LogP contribution in [0.5, 0.6) is 5.75 Å². The number of ether oxygens (including phenoxy) is 1. The number of benzene rings is 2. The molecular formula is C25H32N4O4. The van der Waals surface area contributed by atoms with Gasteiger partial charge >= 0.3 is 0 Å². The molecule has 2 aromatic rings. The average molecular weight is 453 g/mol. The van der Waals surface area contributed by atoms with E-state index in [0.29, 0.717) is 25.4 Å². The highest BCUT2D eigenvalue weighted by Gasteiger charge is 2.32. The van der Waals surface area contributed by atoms with Crippen LogP contribution in [0.4, 0.5) is 11.4 Å². The zero-order valence-electron chi connectivity index (χ0n) is 19.2. The Morgan fingerprint density at radius 3 is 2.30 bits per heavy atom. The molecule has 8 heteroatoms. The largest absolute Gasteiger partial charge is 0.494 e. The summed E-state index contributed by atoms with van der Waals surface area (Å²) in [7, 11) is 0. The maximum absolute atomic E-state index is 13.1. The van der Waals surface area contributed by atoms with Crippen molar-refractivity contribution >= 4 is 17.3 Å². The SMILES string of the molecule is CCOc1ccc(CN2CCN(C(=O)C3CCN(c4ccccc4[N+](=O)[O-])CC3)CC2)cc1. The van der Waals surface area contributed by atoms with Crippen LogP contribution in [-0.2, 0) is 11.3 Å². The zero-order valence-corrected chi connectivity index (χ0v) is 19.2. The molecule has 4 rings (SSSR count). The lowest BCUT2D eigenvalue weighted by atomic mass is 9.94. The number of hydrogen-bond donors (Lipinski definition) is 0. The Morgan fingerprint density at radius 2 is 1.67 bits per heavy atom. The van der Waals surface area contributed by atoms with Gasteiger partial charge < -0.3 is 14.5 Å². The van der Waals surface area contributed by atoms with Crippen LogP contribution in [0.3, 0.4) is 0 Å². The van der Waals surface area contributed by atoms with Crippen LogP contribution >= 0.6 is 0 Å². The number of nitro benzene ring substituents is 1. The summed E-state index contributed by atoms with van der Waals surface area (Å²) in [5.74, 6) is 1.13. The van der Waals surface area contributed by atoms with Crippen LogP contribution in [0.25, 0.3) is 0 Å². The summed E-state index contributed by atoms with van der Waals surface area (Å²) < 4.78 is 5.51. The number of carbonyl (C=O) groups excluding carboxylic acids is 1. The minimum atomic E-state index is -0.334. The normalized spacial score (nSPS) is 17.7. The minimum Gasteiger partial charge on any atom is -0.494 e. The molecule has 2 fully saturated rings. The Bertz CT molecular complexity index is 949. The Balaban J connectivity index is 1.25. The second-order valence-corrected chi connectivity index (χ2v) is 8.69. The predicted octanol–water partition coefficient (Wildman–Crippen LogP) is 3.55. The molecule has 2 heterocycles. The van der Waals surface area contributed by atoms with Gasteiger partial charge in [0.1, 0.15) is 11.4 Å². The Hall–Kier alpha value is -3.13. The van der Waals surface area contributed by atoms with Gasteiger partial charge in [-0.05, 0) is 43.5 Å². The summed E-state index contributed by atoms with van der Waals surface area (Å²) in [6, 6.07) is 15.1. The van der Waals surface area contributed by atoms with Gasteiger partial charge in [0.15, 0.2) is 0 Å². The van der Waals surface area contributed by atoms with Gasteiger partial charge in [0.25, 0.3) is 5.69 Å². The maximum atomic E-state index is 13.1. The first kappa shape index (κ1) is 23.0. The van der Waals surface area contributed by atoms with Crippen LogP contribution in [0.2, 0.25) is 0 Å².